The quantitative estimate of drug-likeness (QED) is 0.812. The normalized spacial score (nSPS) is 27.8. The highest BCUT2D eigenvalue weighted by Crippen LogP contribution is 2.28. The first-order valence-corrected chi connectivity index (χ1v) is 6.23. The van der Waals surface area contributed by atoms with E-state index in [2.05, 4.69) is 5.10 Å². The minimum atomic E-state index is -0.396. The van der Waals surface area contributed by atoms with Crippen LogP contribution in [0, 0.1) is 0 Å². The van der Waals surface area contributed by atoms with Gasteiger partial charge < -0.3 is 14.6 Å². The molecule has 0 aliphatic heterocycles. The van der Waals surface area contributed by atoms with E-state index >= 15 is 0 Å². The Hall–Kier alpha value is -1.07. The van der Waals surface area contributed by atoms with Gasteiger partial charge >= 0.3 is 0 Å². The first-order chi connectivity index (χ1) is 8.24. The van der Waals surface area contributed by atoms with E-state index in [1.54, 1.807) is 6.20 Å². The molecule has 1 aromatic heterocycles. The van der Waals surface area contributed by atoms with Crippen molar-refractivity contribution in [3.63, 3.8) is 0 Å². The van der Waals surface area contributed by atoms with E-state index in [-0.39, 0.29) is 12.2 Å². The molecule has 0 spiro atoms. The van der Waals surface area contributed by atoms with Crippen molar-refractivity contribution in [3.05, 3.63) is 12.4 Å². The summed E-state index contributed by atoms with van der Waals surface area (Å²) >= 11 is 0. The van der Waals surface area contributed by atoms with Gasteiger partial charge in [-0.15, -0.1) is 0 Å². The van der Waals surface area contributed by atoms with Crippen LogP contribution in [0.25, 0.3) is 0 Å². The molecule has 17 heavy (non-hydrogen) atoms. The third-order valence-electron chi connectivity index (χ3n) is 2.95. The molecule has 0 amide bonds. The molecule has 5 nitrogen and oxygen atoms in total. The van der Waals surface area contributed by atoms with Crippen LogP contribution in [0.2, 0.25) is 0 Å². The fraction of sp³-hybridized carbons (Fsp3) is 0.750. The SMILES string of the molecule is CCCOC1C(O)CC1Oc1cnn(CC)c1. The van der Waals surface area contributed by atoms with E-state index in [1.165, 1.54) is 0 Å². The second-order valence-corrected chi connectivity index (χ2v) is 4.33. The predicted octanol–water partition coefficient (Wildman–Crippen LogP) is 1.21. The Kier molecular flexibility index (Phi) is 4.02. The Labute approximate surface area is 101 Å². The number of ether oxygens (including phenoxy) is 2. The number of rotatable bonds is 6. The summed E-state index contributed by atoms with van der Waals surface area (Å²) in [6, 6.07) is 0. The van der Waals surface area contributed by atoms with Crippen LogP contribution in [-0.2, 0) is 11.3 Å². The lowest BCUT2D eigenvalue weighted by atomic mass is 9.88. The summed E-state index contributed by atoms with van der Waals surface area (Å²) in [7, 11) is 0. The summed E-state index contributed by atoms with van der Waals surface area (Å²) < 4.78 is 13.1. The van der Waals surface area contributed by atoms with Crippen LogP contribution in [0.5, 0.6) is 5.75 Å². The number of aliphatic hydroxyl groups excluding tert-OH is 1. The van der Waals surface area contributed by atoms with Crippen LogP contribution in [0.3, 0.4) is 0 Å². The molecule has 0 bridgehead atoms. The molecule has 2 rings (SSSR count). The molecule has 0 aromatic carbocycles. The summed E-state index contributed by atoms with van der Waals surface area (Å²) in [6.07, 6.45) is 4.50. The first kappa shape index (κ1) is 12.4. The minimum absolute atomic E-state index is 0.0499. The molecule has 1 fully saturated rings. The van der Waals surface area contributed by atoms with E-state index in [1.807, 2.05) is 24.7 Å². The van der Waals surface area contributed by atoms with E-state index < -0.39 is 6.10 Å². The third-order valence-corrected chi connectivity index (χ3v) is 2.95. The zero-order valence-corrected chi connectivity index (χ0v) is 10.4. The number of hydrogen-bond acceptors (Lipinski definition) is 4. The van der Waals surface area contributed by atoms with Crippen LogP contribution in [0.1, 0.15) is 26.7 Å². The maximum absolute atomic E-state index is 9.61. The largest absolute Gasteiger partial charge is 0.484 e. The van der Waals surface area contributed by atoms with E-state index in [4.69, 9.17) is 9.47 Å². The molecule has 0 saturated heterocycles. The summed E-state index contributed by atoms with van der Waals surface area (Å²) in [6.45, 7) is 5.56. The zero-order valence-electron chi connectivity index (χ0n) is 10.4. The Bertz CT molecular complexity index is 353. The molecule has 1 heterocycles. The fourth-order valence-electron chi connectivity index (χ4n) is 1.90. The van der Waals surface area contributed by atoms with Gasteiger partial charge in [-0.2, -0.15) is 5.10 Å². The van der Waals surface area contributed by atoms with Gasteiger partial charge in [-0.05, 0) is 13.3 Å². The third kappa shape index (κ3) is 2.79. The minimum Gasteiger partial charge on any atom is -0.484 e. The summed E-state index contributed by atoms with van der Waals surface area (Å²) in [5.74, 6) is 0.744. The number of hydrogen-bond donors (Lipinski definition) is 1. The fourth-order valence-corrected chi connectivity index (χ4v) is 1.90. The topological polar surface area (TPSA) is 56.5 Å². The van der Waals surface area contributed by atoms with Gasteiger partial charge in [0.1, 0.15) is 12.2 Å². The maximum atomic E-state index is 9.61. The van der Waals surface area contributed by atoms with Crippen molar-refractivity contribution in [2.45, 2.75) is 51.5 Å². The monoisotopic (exact) mass is 240 g/mol. The van der Waals surface area contributed by atoms with Crippen molar-refractivity contribution in [2.75, 3.05) is 6.61 Å². The summed E-state index contributed by atoms with van der Waals surface area (Å²) in [5.41, 5.74) is 0. The number of aliphatic hydroxyl groups is 1. The molecule has 96 valence electrons. The highest BCUT2D eigenvalue weighted by molar-refractivity contribution is 5.14. The van der Waals surface area contributed by atoms with Crippen molar-refractivity contribution in [1.29, 1.82) is 0 Å². The van der Waals surface area contributed by atoms with E-state index in [0.29, 0.717) is 13.0 Å². The first-order valence-electron chi connectivity index (χ1n) is 6.23. The average Bonchev–Trinajstić information content (AvgIpc) is 2.77. The molecule has 5 heteroatoms. The number of nitrogens with zero attached hydrogens (tertiary/aromatic N) is 2. The Morgan fingerprint density at radius 2 is 2.35 bits per heavy atom. The smallest absolute Gasteiger partial charge is 0.157 e. The van der Waals surface area contributed by atoms with E-state index in [9.17, 15) is 5.11 Å². The molecule has 3 atom stereocenters. The molecule has 1 aliphatic carbocycles. The van der Waals surface area contributed by atoms with Gasteiger partial charge in [0.2, 0.25) is 0 Å². The van der Waals surface area contributed by atoms with Crippen LogP contribution in [0.15, 0.2) is 12.4 Å². The number of aromatic nitrogens is 2. The van der Waals surface area contributed by atoms with E-state index in [0.717, 1.165) is 18.7 Å². The molecular formula is C12H20N2O3. The lowest BCUT2D eigenvalue weighted by molar-refractivity contribution is -0.162. The summed E-state index contributed by atoms with van der Waals surface area (Å²) in [5, 5.41) is 13.7. The van der Waals surface area contributed by atoms with Crippen molar-refractivity contribution >= 4 is 0 Å². The van der Waals surface area contributed by atoms with Gasteiger partial charge in [0.05, 0.1) is 18.5 Å². The van der Waals surface area contributed by atoms with Gasteiger partial charge in [0.25, 0.3) is 0 Å². The van der Waals surface area contributed by atoms with Crippen LogP contribution in [0.4, 0.5) is 0 Å². The van der Waals surface area contributed by atoms with Gasteiger partial charge in [-0.1, -0.05) is 6.92 Å². The summed E-state index contributed by atoms with van der Waals surface area (Å²) in [4.78, 5) is 0. The standard InChI is InChI=1S/C12H20N2O3/c1-3-5-16-12-10(15)6-11(12)17-9-7-13-14(4-2)8-9/h7-8,10-12,15H,3-6H2,1-2H3. The highest BCUT2D eigenvalue weighted by atomic mass is 16.6. The highest BCUT2D eigenvalue weighted by Gasteiger charge is 2.42. The van der Waals surface area contributed by atoms with Gasteiger partial charge in [-0.25, -0.2) is 0 Å². The second-order valence-electron chi connectivity index (χ2n) is 4.33. The second kappa shape index (κ2) is 5.51. The van der Waals surface area contributed by atoms with Gasteiger partial charge in [0, 0.05) is 19.6 Å². The molecular weight excluding hydrogens is 220 g/mol. The number of aryl methyl sites for hydroxylation is 1. The van der Waals surface area contributed by atoms with Crippen LogP contribution >= 0.6 is 0 Å². The molecule has 1 aliphatic rings. The molecule has 0 radical (unpaired) electrons. The zero-order chi connectivity index (χ0) is 12.3. The Morgan fingerprint density at radius 3 is 2.94 bits per heavy atom. The van der Waals surface area contributed by atoms with Crippen molar-refractivity contribution in [1.82, 2.24) is 9.78 Å². The lowest BCUT2D eigenvalue weighted by Gasteiger charge is -2.40. The maximum Gasteiger partial charge on any atom is 0.157 e. The van der Waals surface area contributed by atoms with Crippen LogP contribution in [-0.4, -0.2) is 39.8 Å². The van der Waals surface area contributed by atoms with Crippen molar-refractivity contribution in [2.24, 2.45) is 0 Å². The molecule has 3 unspecified atom stereocenters. The van der Waals surface area contributed by atoms with Gasteiger partial charge in [0.15, 0.2) is 5.75 Å². The van der Waals surface area contributed by atoms with Gasteiger partial charge in [-0.3, -0.25) is 4.68 Å². The Balaban J connectivity index is 1.86. The van der Waals surface area contributed by atoms with Crippen molar-refractivity contribution < 1.29 is 14.6 Å². The molecule has 1 saturated carbocycles. The Morgan fingerprint density at radius 1 is 1.53 bits per heavy atom. The molecule has 1 N–H and O–H groups in total. The average molecular weight is 240 g/mol. The lowest BCUT2D eigenvalue weighted by Crippen LogP contribution is -2.55. The van der Waals surface area contributed by atoms with Crippen LogP contribution < -0.4 is 4.74 Å². The predicted molar refractivity (Wildman–Crippen MR) is 63.0 cm³/mol. The van der Waals surface area contributed by atoms with Crippen molar-refractivity contribution in [3.8, 4) is 5.75 Å². The molecule has 1 aromatic rings.